The first-order chi connectivity index (χ1) is 9.31. The van der Waals surface area contributed by atoms with Gasteiger partial charge in [-0.05, 0) is 31.9 Å². The molecule has 8 heteroatoms. The second kappa shape index (κ2) is 5.02. The Morgan fingerprint density at radius 2 is 2.25 bits per heavy atom. The topological polar surface area (TPSA) is 122 Å². The smallest absolute Gasteiger partial charge is 0.239 e. The number of nitrogens with one attached hydrogen (secondary N) is 1. The summed E-state index contributed by atoms with van der Waals surface area (Å²) in [7, 11) is -3.93. The van der Waals surface area contributed by atoms with Gasteiger partial charge in [-0.1, -0.05) is 0 Å². The summed E-state index contributed by atoms with van der Waals surface area (Å²) < 4.78 is 23.6. The molecule has 0 aliphatic heterocycles. The summed E-state index contributed by atoms with van der Waals surface area (Å²) in [6.07, 6.45) is 1.14. The summed E-state index contributed by atoms with van der Waals surface area (Å²) in [6, 6.07) is 3.12. The Morgan fingerprint density at radius 1 is 1.60 bits per heavy atom. The van der Waals surface area contributed by atoms with Crippen molar-refractivity contribution in [2.45, 2.75) is 35.6 Å². The number of aliphatic hydroxyl groups excluding tert-OH is 1. The number of anilines is 1. The van der Waals surface area contributed by atoms with E-state index in [1.165, 1.54) is 6.20 Å². The summed E-state index contributed by atoms with van der Waals surface area (Å²) in [5.74, 6) is -0.843. The lowest BCUT2D eigenvalue weighted by Gasteiger charge is -2.16. The van der Waals surface area contributed by atoms with Crippen LogP contribution in [0, 0.1) is 0 Å². The van der Waals surface area contributed by atoms with Gasteiger partial charge in [-0.3, -0.25) is 4.79 Å². The molecule has 20 heavy (non-hydrogen) atoms. The molecular formula is C12H17N3O4S. The number of primary amides is 1. The van der Waals surface area contributed by atoms with Crippen molar-refractivity contribution in [3.8, 4) is 0 Å². The van der Waals surface area contributed by atoms with Crippen molar-refractivity contribution in [1.29, 1.82) is 0 Å². The number of hydrogen-bond acceptors (Lipinski definition) is 6. The zero-order valence-corrected chi connectivity index (χ0v) is 11.9. The van der Waals surface area contributed by atoms with Gasteiger partial charge in [0, 0.05) is 12.7 Å². The Morgan fingerprint density at radius 3 is 2.75 bits per heavy atom. The number of carbonyl (C=O) groups excluding carboxylic acids is 1. The molecule has 4 N–H and O–H groups in total. The fraction of sp³-hybridized carbons (Fsp3) is 0.500. The second-order valence-electron chi connectivity index (χ2n) is 4.95. The molecule has 0 unspecified atom stereocenters. The van der Waals surface area contributed by atoms with Gasteiger partial charge < -0.3 is 16.2 Å². The van der Waals surface area contributed by atoms with Crippen molar-refractivity contribution in [2.75, 3.05) is 11.9 Å². The summed E-state index contributed by atoms with van der Waals surface area (Å²) in [6.45, 7) is 1.75. The van der Waals surface area contributed by atoms with Crippen LogP contribution in [0.5, 0.6) is 0 Å². The molecule has 2 rings (SSSR count). The van der Waals surface area contributed by atoms with E-state index in [2.05, 4.69) is 10.3 Å². The van der Waals surface area contributed by atoms with Gasteiger partial charge >= 0.3 is 0 Å². The van der Waals surface area contributed by atoms with Gasteiger partial charge in [-0.25, -0.2) is 13.4 Å². The molecule has 0 bridgehead atoms. The van der Waals surface area contributed by atoms with Crippen LogP contribution in [0.15, 0.2) is 23.4 Å². The number of aromatic nitrogens is 1. The minimum atomic E-state index is -3.93. The Kier molecular flexibility index (Phi) is 3.70. The third kappa shape index (κ3) is 2.36. The van der Waals surface area contributed by atoms with Crippen LogP contribution in [-0.4, -0.2) is 41.8 Å². The van der Waals surface area contributed by atoms with Crippen LogP contribution in [0.1, 0.15) is 19.8 Å². The van der Waals surface area contributed by atoms with Crippen molar-refractivity contribution in [3.63, 3.8) is 0 Å². The van der Waals surface area contributed by atoms with Crippen molar-refractivity contribution >= 4 is 21.4 Å². The highest BCUT2D eigenvalue weighted by Gasteiger charge is 2.61. The molecule has 1 heterocycles. The minimum Gasteiger partial charge on any atom is -0.392 e. The van der Waals surface area contributed by atoms with Crippen molar-refractivity contribution in [3.05, 3.63) is 18.3 Å². The Hall–Kier alpha value is -1.67. The Balaban J connectivity index is 2.40. The zero-order valence-electron chi connectivity index (χ0n) is 11.0. The van der Waals surface area contributed by atoms with E-state index in [0.717, 1.165) is 0 Å². The molecule has 7 nitrogen and oxygen atoms in total. The predicted molar refractivity (Wildman–Crippen MR) is 72.8 cm³/mol. The van der Waals surface area contributed by atoms with Crippen LogP contribution in [0.3, 0.4) is 0 Å². The molecule has 0 spiro atoms. The molecule has 1 aromatic rings. The maximum atomic E-state index is 12.6. The third-order valence-corrected chi connectivity index (χ3v) is 5.75. The van der Waals surface area contributed by atoms with Crippen LogP contribution in [0.25, 0.3) is 0 Å². The Labute approximate surface area is 117 Å². The van der Waals surface area contributed by atoms with Crippen molar-refractivity contribution in [1.82, 2.24) is 4.98 Å². The van der Waals surface area contributed by atoms with Gasteiger partial charge in [0.2, 0.25) is 15.7 Å². The highest BCUT2D eigenvalue weighted by molar-refractivity contribution is 7.94. The minimum absolute atomic E-state index is 0.178. The molecule has 1 fully saturated rings. The van der Waals surface area contributed by atoms with Gasteiger partial charge in [0.1, 0.15) is 0 Å². The number of hydrogen-bond donors (Lipinski definition) is 3. The highest BCUT2D eigenvalue weighted by atomic mass is 32.2. The number of carbonyl (C=O) groups is 1. The molecule has 1 aromatic heterocycles. The van der Waals surface area contributed by atoms with Gasteiger partial charge in [-0.2, -0.15) is 0 Å². The molecule has 1 saturated carbocycles. The summed E-state index contributed by atoms with van der Waals surface area (Å²) in [5, 5.41) is 11.9. The number of pyridine rings is 1. The summed E-state index contributed by atoms with van der Waals surface area (Å²) >= 11 is 0. The normalized spacial score (nSPS) is 18.3. The van der Waals surface area contributed by atoms with Gasteiger partial charge in [0.25, 0.3) is 0 Å². The van der Waals surface area contributed by atoms with Crippen molar-refractivity contribution in [2.24, 2.45) is 5.73 Å². The first-order valence-corrected chi connectivity index (χ1v) is 7.71. The third-order valence-electron chi connectivity index (χ3n) is 3.28. The van der Waals surface area contributed by atoms with Crippen LogP contribution in [0.4, 0.5) is 5.69 Å². The van der Waals surface area contributed by atoms with Crippen LogP contribution in [-0.2, 0) is 14.6 Å². The average molecular weight is 299 g/mol. The van der Waals surface area contributed by atoms with E-state index in [0.29, 0.717) is 0 Å². The highest BCUT2D eigenvalue weighted by Crippen LogP contribution is 2.47. The van der Waals surface area contributed by atoms with E-state index >= 15 is 0 Å². The molecule has 0 saturated heterocycles. The second-order valence-corrected chi connectivity index (χ2v) is 7.12. The lowest BCUT2D eigenvalue weighted by molar-refractivity contribution is -0.118. The number of nitrogens with two attached hydrogens (primary N) is 1. The van der Waals surface area contributed by atoms with Crippen LogP contribution in [0.2, 0.25) is 0 Å². The van der Waals surface area contributed by atoms with Crippen LogP contribution >= 0.6 is 0 Å². The monoisotopic (exact) mass is 299 g/mol. The van der Waals surface area contributed by atoms with E-state index in [4.69, 9.17) is 5.73 Å². The lowest BCUT2D eigenvalue weighted by atomic mass is 10.3. The number of sulfone groups is 1. The first-order valence-electron chi connectivity index (χ1n) is 6.23. The van der Waals surface area contributed by atoms with Gasteiger partial charge in [0.05, 0.1) is 11.8 Å². The molecule has 1 aliphatic rings. The molecule has 1 amide bonds. The molecular weight excluding hydrogens is 282 g/mol. The van der Waals surface area contributed by atoms with Gasteiger partial charge in [0.15, 0.2) is 9.77 Å². The number of amides is 1. The predicted octanol–water partition coefficient (Wildman–Crippen LogP) is -0.334. The number of rotatable bonds is 6. The molecule has 1 atom stereocenters. The van der Waals surface area contributed by atoms with E-state index in [9.17, 15) is 18.3 Å². The van der Waals surface area contributed by atoms with Crippen molar-refractivity contribution < 1.29 is 18.3 Å². The molecule has 1 aliphatic carbocycles. The van der Waals surface area contributed by atoms with Crippen LogP contribution < -0.4 is 11.1 Å². The van der Waals surface area contributed by atoms with E-state index < -0.39 is 26.6 Å². The average Bonchev–Trinajstić information content (AvgIpc) is 3.18. The molecule has 110 valence electrons. The fourth-order valence-corrected chi connectivity index (χ4v) is 3.85. The SMILES string of the molecule is C[C@H](O)CNc1cccnc1S(=O)(=O)C1(C(N)=O)CC1. The standard InChI is InChI=1S/C12H17N3O4S/c1-8(16)7-15-9-3-2-6-14-10(9)20(18,19)12(4-5-12)11(13)17/h2-3,6,8,15-16H,4-5,7H2,1H3,(H2,13,17)/t8-/m0/s1. The molecule has 0 radical (unpaired) electrons. The zero-order chi connectivity index (χ0) is 15.0. The largest absolute Gasteiger partial charge is 0.392 e. The van der Waals surface area contributed by atoms with E-state index in [1.54, 1.807) is 19.1 Å². The van der Waals surface area contributed by atoms with Gasteiger partial charge in [-0.15, -0.1) is 0 Å². The summed E-state index contributed by atoms with van der Waals surface area (Å²) in [5.41, 5.74) is 5.49. The maximum Gasteiger partial charge on any atom is 0.239 e. The quantitative estimate of drug-likeness (QED) is 0.661. The number of aliphatic hydroxyl groups is 1. The van der Waals surface area contributed by atoms with E-state index in [-0.39, 0.29) is 30.1 Å². The van der Waals surface area contributed by atoms with E-state index in [1.807, 2.05) is 0 Å². The lowest BCUT2D eigenvalue weighted by Crippen LogP contribution is -2.39. The Bertz CT molecular complexity index is 623. The fourth-order valence-electron chi connectivity index (χ4n) is 1.94. The number of nitrogens with zero attached hydrogens (tertiary/aromatic N) is 1. The maximum absolute atomic E-state index is 12.6. The summed E-state index contributed by atoms with van der Waals surface area (Å²) in [4.78, 5) is 15.3. The first kappa shape index (κ1) is 14.7. The molecule has 0 aromatic carbocycles.